The molecule has 3 N–H and O–H groups in total. The van der Waals surface area contributed by atoms with Crippen LogP contribution in [0.2, 0.25) is 0 Å². The molecule has 0 saturated heterocycles. The molecule has 7 heteroatoms. The van der Waals surface area contributed by atoms with E-state index in [2.05, 4.69) is 11.9 Å². The van der Waals surface area contributed by atoms with Gasteiger partial charge in [0, 0.05) is 6.20 Å². The van der Waals surface area contributed by atoms with E-state index in [1.165, 1.54) is 0 Å². The second kappa shape index (κ2) is 9.04. The van der Waals surface area contributed by atoms with Gasteiger partial charge in [-0.15, -0.1) is 0 Å². The van der Waals surface area contributed by atoms with Crippen LogP contribution in [0.4, 0.5) is 5.82 Å². The van der Waals surface area contributed by atoms with E-state index in [-0.39, 0.29) is 18.9 Å². The minimum atomic E-state index is -0.557. The molecule has 0 aliphatic rings. The zero-order chi connectivity index (χ0) is 15.7. The highest BCUT2D eigenvalue weighted by molar-refractivity contribution is 5.93. The summed E-state index contributed by atoms with van der Waals surface area (Å²) in [7, 11) is 0. The third-order valence-corrected chi connectivity index (χ3v) is 3.17. The lowest BCUT2D eigenvalue weighted by Crippen LogP contribution is -2.45. The van der Waals surface area contributed by atoms with Gasteiger partial charge in [0.25, 0.3) is 0 Å². The van der Waals surface area contributed by atoms with E-state index in [4.69, 9.17) is 5.84 Å². The third kappa shape index (κ3) is 5.49. The van der Waals surface area contributed by atoms with E-state index in [1.807, 2.05) is 0 Å². The van der Waals surface area contributed by atoms with Crippen molar-refractivity contribution in [2.75, 3.05) is 11.6 Å². The smallest absolute Gasteiger partial charge is 0.247 e. The van der Waals surface area contributed by atoms with Gasteiger partial charge in [0.15, 0.2) is 0 Å². The molecular formula is C14H22N4O3. The lowest BCUT2D eigenvalue weighted by Gasteiger charge is -2.24. The minimum Gasteiger partial charge on any atom is -0.286 e. The Morgan fingerprint density at radius 3 is 2.81 bits per heavy atom. The Labute approximate surface area is 124 Å². The summed E-state index contributed by atoms with van der Waals surface area (Å²) in [5.74, 6) is 5.20. The van der Waals surface area contributed by atoms with Crippen molar-refractivity contribution in [3.63, 3.8) is 0 Å². The number of rotatable bonds is 9. The second-order valence-electron chi connectivity index (χ2n) is 4.82. The van der Waals surface area contributed by atoms with Crippen LogP contribution in [0.5, 0.6) is 0 Å². The molecule has 2 amide bonds. The summed E-state index contributed by atoms with van der Waals surface area (Å²) in [5, 5.41) is 10.8. The van der Waals surface area contributed by atoms with Crippen LogP contribution in [0.1, 0.15) is 32.6 Å². The molecule has 21 heavy (non-hydrogen) atoms. The maximum absolute atomic E-state index is 12.4. The molecule has 116 valence electrons. The maximum atomic E-state index is 12.4. The van der Waals surface area contributed by atoms with Crippen molar-refractivity contribution in [2.45, 2.75) is 32.6 Å². The molecule has 1 aromatic rings. The number of amides is 2. The first-order valence-corrected chi connectivity index (χ1v) is 7.00. The molecule has 0 radical (unpaired) electrons. The topological polar surface area (TPSA) is 99.8 Å². The Balaban J connectivity index is 2.75. The SMILES string of the molecule is CCCCC[C@H](CN(O)C=O)C(=O)N(N)c1ccccn1. The second-order valence-corrected chi connectivity index (χ2v) is 4.82. The number of hydroxylamine groups is 2. The fraction of sp³-hybridized carbons (Fsp3) is 0.500. The Kier molecular flexibility index (Phi) is 7.34. The van der Waals surface area contributed by atoms with Crippen molar-refractivity contribution in [3.8, 4) is 0 Å². The van der Waals surface area contributed by atoms with E-state index in [1.54, 1.807) is 24.4 Å². The van der Waals surface area contributed by atoms with Gasteiger partial charge in [0.1, 0.15) is 5.82 Å². The molecule has 0 unspecified atom stereocenters. The van der Waals surface area contributed by atoms with Crippen LogP contribution in [0.3, 0.4) is 0 Å². The number of nitrogens with two attached hydrogens (primary N) is 1. The van der Waals surface area contributed by atoms with E-state index < -0.39 is 5.92 Å². The van der Waals surface area contributed by atoms with Crippen LogP contribution in [0.25, 0.3) is 0 Å². The summed E-state index contributed by atoms with van der Waals surface area (Å²) < 4.78 is 0. The maximum Gasteiger partial charge on any atom is 0.247 e. The summed E-state index contributed by atoms with van der Waals surface area (Å²) in [6.45, 7) is 1.98. The summed E-state index contributed by atoms with van der Waals surface area (Å²) in [6, 6.07) is 5.07. The molecule has 0 fully saturated rings. The zero-order valence-electron chi connectivity index (χ0n) is 12.2. The largest absolute Gasteiger partial charge is 0.286 e. The number of nitrogens with zero attached hydrogens (tertiary/aromatic N) is 3. The Morgan fingerprint density at radius 1 is 1.48 bits per heavy atom. The Hall–Kier alpha value is -1.99. The minimum absolute atomic E-state index is 0.0768. The number of hydrazine groups is 1. The van der Waals surface area contributed by atoms with E-state index in [9.17, 15) is 14.8 Å². The van der Waals surface area contributed by atoms with E-state index in [0.29, 0.717) is 17.3 Å². The van der Waals surface area contributed by atoms with Crippen molar-refractivity contribution in [1.82, 2.24) is 10.0 Å². The van der Waals surface area contributed by atoms with Gasteiger partial charge in [0.05, 0.1) is 12.5 Å². The molecule has 1 heterocycles. The molecule has 7 nitrogen and oxygen atoms in total. The van der Waals surface area contributed by atoms with Crippen molar-refractivity contribution < 1.29 is 14.8 Å². The van der Waals surface area contributed by atoms with Crippen LogP contribution < -0.4 is 10.9 Å². The van der Waals surface area contributed by atoms with Gasteiger partial charge in [-0.25, -0.2) is 20.9 Å². The molecule has 0 bridgehead atoms. The highest BCUT2D eigenvalue weighted by atomic mass is 16.5. The van der Waals surface area contributed by atoms with Crippen LogP contribution in [-0.4, -0.2) is 34.1 Å². The molecule has 0 saturated carbocycles. The lowest BCUT2D eigenvalue weighted by molar-refractivity contribution is -0.154. The standard InChI is InChI=1S/C14H22N4O3/c1-2-3-4-7-12(10-17(21)11-19)14(20)18(15)13-8-5-6-9-16-13/h5-6,8-9,11-12,21H,2-4,7,10,15H2,1H3/t12-/m1/s1. The first-order valence-electron chi connectivity index (χ1n) is 7.00. The lowest BCUT2D eigenvalue weighted by atomic mass is 10.00. The fourth-order valence-corrected chi connectivity index (χ4v) is 2.01. The highest BCUT2D eigenvalue weighted by Crippen LogP contribution is 2.16. The van der Waals surface area contributed by atoms with Crippen molar-refractivity contribution in [3.05, 3.63) is 24.4 Å². The number of carbonyl (C=O) groups is 2. The molecule has 0 aromatic carbocycles. The predicted octanol–water partition coefficient (Wildman–Crippen LogP) is 1.33. The summed E-state index contributed by atoms with van der Waals surface area (Å²) in [6.07, 6.45) is 5.20. The van der Waals surface area contributed by atoms with Crippen molar-refractivity contribution in [2.24, 2.45) is 11.8 Å². The molecule has 1 rings (SSSR count). The van der Waals surface area contributed by atoms with Crippen LogP contribution >= 0.6 is 0 Å². The average Bonchev–Trinajstić information content (AvgIpc) is 2.53. The van der Waals surface area contributed by atoms with Gasteiger partial charge in [-0.05, 0) is 18.6 Å². The van der Waals surface area contributed by atoms with Gasteiger partial charge in [-0.2, -0.15) is 0 Å². The van der Waals surface area contributed by atoms with Crippen LogP contribution in [-0.2, 0) is 9.59 Å². The summed E-state index contributed by atoms with van der Waals surface area (Å²) in [5.41, 5.74) is 0. The highest BCUT2D eigenvalue weighted by Gasteiger charge is 2.25. The average molecular weight is 294 g/mol. The molecule has 1 atom stereocenters. The quantitative estimate of drug-likeness (QED) is 0.179. The normalized spacial score (nSPS) is 11.8. The van der Waals surface area contributed by atoms with Gasteiger partial charge in [0.2, 0.25) is 12.3 Å². The summed E-state index contributed by atoms with van der Waals surface area (Å²) >= 11 is 0. The van der Waals surface area contributed by atoms with Gasteiger partial charge in [-0.1, -0.05) is 32.3 Å². The first kappa shape index (κ1) is 17.1. The van der Waals surface area contributed by atoms with Crippen molar-refractivity contribution in [1.29, 1.82) is 0 Å². The predicted molar refractivity (Wildman–Crippen MR) is 78.1 cm³/mol. The zero-order valence-corrected chi connectivity index (χ0v) is 12.2. The number of hydrogen-bond acceptors (Lipinski definition) is 5. The molecule has 0 aliphatic heterocycles. The monoisotopic (exact) mass is 294 g/mol. The molecular weight excluding hydrogens is 272 g/mol. The Bertz CT molecular complexity index is 441. The fourth-order valence-electron chi connectivity index (χ4n) is 2.01. The number of anilines is 1. The number of pyridine rings is 1. The number of carbonyl (C=O) groups excluding carboxylic acids is 2. The molecule has 0 spiro atoms. The van der Waals surface area contributed by atoms with E-state index >= 15 is 0 Å². The van der Waals surface area contributed by atoms with E-state index in [0.717, 1.165) is 24.3 Å². The number of unbranched alkanes of at least 4 members (excludes halogenated alkanes) is 2. The number of hydrogen-bond donors (Lipinski definition) is 2. The van der Waals surface area contributed by atoms with Gasteiger partial charge < -0.3 is 0 Å². The van der Waals surface area contributed by atoms with Gasteiger partial charge >= 0.3 is 0 Å². The molecule has 0 aliphatic carbocycles. The first-order chi connectivity index (χ1) is 10.1. The van der Waals surface area contributed by atoms with Crippen LogP contribution in [0.15, 0.2) is 24.4 Å². The third-order valence-electron chi connectivity index (χ3n) is 3.17. The Morgan fingerprint density at radius 2 is 2.24 bits per heavy atom. The van der Waals surface area contributed by atoms with Gasteiger partial charge in [-0.3, -0.25) is 14.8 Å². The summed E-state index contributed by atoms with van der Waals surface area (Å²) in [4.78, 5) is 26.9. The van der Waals surface area contributed by atoms with Crippen LogP contribution in [0, 0.1) is 5.92 Å². The molecule has 1 aromatic heterocycles. The number of aromatic nitrogens is 1. The van der Waals surface area contributed by atoms with Crippen molar-refractivity contribution >= 4 is 18.1 Å².